The molecule has 4 heteroatoms. The molecule has 0 saturated carbocycles. The molecule has 3 nitrogen and oxygen atoms in total. The summed E-state index contributed by atoms with van der Waals surface area (Å²) in [6.07, 6.45) is 4.07. The summed E-state index contributed by atoms with van der Waals surface area (Å²) >= 11 is 1.72. The molecule has 0 unspecified atom stereocenters. The van der Waals surface area contributed by atoms with E-state index >= 15 is 0 Å². The van der Waals surface area contributed by atoms with Crippen molar-refractivity contribution in [2.45, 2.75) is 23.8 Å². The fraction of sp³-hybridized carbons (Fsp3) is 0.316. The Labute approximate surface area is 141 Å². The zero-order chi connectivity index (χ0) is 16.2. The lowest BCUT2D eigenvalue weighted by Gasteiger charge is -2.31. The maximum absolute atomic E-state index is 12.7. The molecule has 1 heterocycles. The van der Waals surface area contributed by atoms with E-state index in [1.165, 1.54) is 10.5 Å². The second-order valence-electron chi connectivity index (χ2n) is 5.93. The first kappa shape index (κ1) is 16.1. The average molecular weight is 326 g/mol. The predicted molar refractivity (Wildman–Crippen MR) is 96.8 cm³/mol. The van der Waals surface area contributed by atoms with Crippen molar-refractivity contribution in [2.75, 3.05) is 19.3 Å². The molecule has 2 aromatic rings. The first-order valence-electron chi connectivity index (χ1n) is 7.97. The van der Waals surface area contributed by atoms with Crippen LogP contribution in [0.15, 0.2) is 53.4 Å². The summed E-state index contributed by atoms with van der Waals surface area (Å²) in [6, 6.07) is 16.3. The van der Waals surface area contributed by atoms with Crippen molar-refractivity contribution in [3.8, 4) is 11.1 Å². The van der Waals surface area contributed by atoms with Gasteiger partial charge < -0.3 is 10.6 Å². The summed E-state index contributed by atoms with van der Waals surface area (Å²) in [4.78, 5) is 15.9. The Hall–Kier alpha value is -1.78. The van der Waals surface area contributed by atoms with E-state index in [2.05, 4.69) is 24.5 Å². The summed E-state index contributed by atoms with van der Waals surface area (Å²) in [5.74, 6) is 0.0867. The number of nitrogens with zero attached hydrogens (tertiary/aromatic N) is 1. The summed E-state index contributed by atoms with van der Waals surface area (Å²) < 4.78 is 0. The maximum Gasteiger partial charge on any atom is 0.253 e. The standard InChI is InChI=1S/C19H22N2OS/c1-23-18-10-3-2-9-17(18)14-6-4-7-15(12-14)19(22)21-11-5-8-16(20)13-21/h2-4,6-7,9-10,12,16H,5,8,11,13,20H2,1H3/t16-/m0/s1. The van der Waals surface area contributed by atoms with Crippen molar-refractivity contribution >= 4 is 17.7 Å². The summed E-state index contributed by atoms with van der Waals surface area (Å²) in [5.41, 5.74) is 9.00. The molecule has 1 atom stereocenters. The van der Waals surface area contributed by atoms with Crippen molar-refractivity contribution in [3.05, 3.63) is 54.1 Å². The number of carbonyl (C=O) groups is 1. The molecular formula is C19H22N2OS. The molecule has 1 amide bonds. The van der Waals surface area contributed by atoms with Crippen LogP contribution < -0.4 is 5.73 Å². The quantitative estimate of drug-likeness (QED) is 0.876. The molecule has 1 saturated heterocycles. The lowest BCUT2D eigenvalue weighted by molar-refractivity contribution is 0.0709. The van der Waals surface area contributed by atoms with Crippen LogP contribution >= 0.6 is 11.8 Å². The van der Waals surface area contributed by atoms with Crippen LogP contribution in [0.5, 0.6) is 0 Å². The van der Waals surface area contributed by atoms with Crippen molar-refractivity contribution in [2.24, 2.45) is 5.73 Å². The number of rotatable bonds is 3. The third-order valence-electron chi connectivity index (χ3n) is 4.27. The molecule has 2 aromatic carbocycles. The number of thioether (sulfide) groups is 1. The monoisotopic (exact) mass is 326 g/mol. The number of likely N-dealkylation sites (tertiary alicyclic amines) is 1. The van der Waals surface area contributed by atoms with Crippen molar-refractivity contribution in [3.63, 3.8) is 0 Å². The van der Waals surface area contributed by atoms with Crippen LogP contribution in [0, 0.1) is 0 Å². The highest BCUT2D eigenvalue weighted by molar-refractivity contribution is 7.98. The summed E-state index contributed by atoms with van der Waals surface area (Å²) in [7, 11) is 0. The number of carbonyl (C=O) groups excluding carboxylic acids is 1. The molecule has 0 radical (unpaired) electrons. The molecule has 0 bridgehead atoms. The van der Waals surface area contributed by atoms with Crippen molar-refractivity contribution < 1.29 is 4.79 Å². The maximum atomic E-state index is 12.7. The van der Waals surface area contributed by atoms with Gasteiger partial charge in [-0.15, -0.1) is 11.8 Å². The molecule has 3 rings (SSSR count). The number of piperidine rings is 1. The first-order chi connectivity index (χ1) is 11.2. The highest BCUT2D eigenvalue weighted by Gasteiger charge is 2.22. The van der Waals surface area contributed by atoms with Gasteiger partial charge in [-0.3, -0.25) is 4.79 Å². The fourth-order valence-corrected chi connectivity index (χ4v) is 3.70. The Balaban J connectivity index is 1.89. The van der Waals surface area contributed by atoms with Gasteiger partial charge in [0.15, 0.2) is 0 Å². The lowest BCUT2D eigenvalue weighted by Crippen LogP contribution is -2.45. The topological polar surface area (TPSA) is 46.3 Å². The molecule has 0 aliphatic carbocycles. The van der Waals surface area contributed by atoms with Crippen molar-refractivity contribution in [1.29, 1.82) is 0 Å². The highest BCUT2D eigenvalue weighted by Crippen LogP contribution is 2.30. The minimum atomic E-state index is 0.0867. The van der Waals surface area contributed by atoms with Gasteiger partial charge in [0.2, 0.25) is 0 Å². The Morgan fingerprint density at radius 2 is 2.04 bits per heavy atom. The Morgan fingerprint density at radius 3 is 2.83 bits per heavy atom. The van der Waals surface area contributed by atoms with Crippen LogP contribution in [-0.4, -0.2) is 36.2 Å². The molecular weight excluding hydrogens is 304 g/mol. The van der Waals surface area contributed by atoms with E-state index in [0.29, 0.717) is 6.54 Å². The molecule has 1 aliphatic heterocycles. The smallest absolute Gasteiger partial charge is 0.253 e. The van der Waals surface area contributed by atoms with Crippen molar-refractivity contribution in [1.82, 2.24) is 4.90 Å². The van der Waals surface area contributed by atoms with E-state index in [0.717, 1.165) is 30.5 Å². The minimum Gasteiger partial charge on any atom is -0.337 e. The van der Waals surface area contributed by atoms with E-state index in [-0.39, 0.29) is 11.9 Å². The third kappa shape index (κ3) is 3.59. The first-order valence-corrected chi connectivity index (χ1v) is 9.20. The van der Waals surface area contributed by atoms with Gasteiger partial charge in [-0.25, -0.2) is 0 Å². The van der Waals surface area contributed by atoms with Gasteiger partial charge in [0, 0.05) is 29.6 Å². The van der Waals surface area contributed by atoms with Gasteiger partial charge in [-0.05, 0) is 48.4 Å². The highest BCUT2D eigenvalue weighted by atomic mass is 32.2. The lowest BCUT2D eigenvalue weighted by atomic mass is 10.0. The Bertz CT molecular complexity index is 701. The zero-order valence-electron chi connectivity index (χ0n) is 13.4. The number of amides is 1. The van der Waals surface area contributed by atoms with Crippen LogP contribution in [0.25, 0.3) is 11.1 Å². The zero-order valence-corrected chi connectivity index (χ0v) is 14.2. The van der Waals surface area contributed by atoms with E-state index in [9.17, 15) is 4.79 Å². The van der Waals surface area contributed by atoms with Gasteiger partial charge in [-0.2, -0.15) is 0 Å². The SMILES string of the molecule is CSc1ccccc1-c1cccc(C(=O)N2CCC[C@H](N)C2)c1. The third-order valence-corrected chi connectivity index (χ3v) is 5.07. The van der Waals surface area contributed by atoms with Crippen LogP contribution in [0.4, 0.5) is 0 Å². The minimum absolute atomic E-state index is 0.0867. The van der Waals surface area contributed by atoms with Crippen LogP contribution in [0.3, 0.4) is 0 Å². The number of hydrogen-bond acceptors (Lipinski definition) is 3. The Kier molecular flexibility index (Phi) is 5.03. The number of nitrogens with two attached hydrogens (primary N) is 1. The molecule has 1 aliphatic rings. The second kappa shape index (κ2) is 7.20. The molecule has 0 aromatic heterocycles. The average Bonchev–Trinajstić information content (AvgIpc) is 2.61. The van der Waals surface area contributed by atoms with E-state index in [4.69, 9.17) is 5.73 Å². The molecule has 1 fully saturated rings. The number of hydrogen-bond donors (Lipinski definition) is 1. The number of benzene rings is 2. The summed E-state index contributed by atoms with van der Waals surface area (Å²) in [6.45, 7) is 1.46. The van der Waals surface area contributed by atoms with E-state index in [1.54, 1.807) is 11.8 Å². The van der Waals surface area contributed by atoms with Gasteiger partial charge in [0.05, 0.1) is 0 Å². The molecule has 0 spiro atoms. The largest absolute Gasteiger partial charge is 0.337 e. The van der Waals surface area contributed by atoms with Crippen LogP contribution in [0.1, 0.15) is 23.2 Å². The van der Waals surface area contributed by atoms with Crippen LogP contribution in [0.2, 0.25) is 0 Å². The van der Waals surface area contributed by atoms with Gasteiger partial charge in [0.25, 0.3) is 5.91 Å². The molecule has 120 valence electrons. The predicted octanol–water partition coefficient (Wildman–Crippen LogP) is 3.64. The van der Waals surface area contributed by atoms with Gasteiger partial charge in [-0.1, -0.05) is 30.3 Å². The normalized spacial score (nSPS) is 18.0. The summed E-state index contributed by atoms with van der Waals surface area (Å²) in [5, 5.41) is 0. The molecule has 2 N–H and O–H groups in total. The van der Waals surface area contributed by atoms with Gasteiger partial charge >= 0.3 is 0 Å². The second-order valence-corrected chi connectivity index (χ2v) is 6.78. The van der Waals surface area contributed by atoms with E-state index in [1.807, 2.05) is 35.2 Å². The Morgan fingerprint density at radius 1 is 1.22 bits per heavy atom. The van der Waals surface area contributed by atoms with E-state index < -0.39 is 0 Å². The fourth-order valence-electron chi connectivity index (χ4n) is 3.08. The molecule has 23 heavy (non-hydrogen) atoms. The van der Waals surface area contributed by atoms with Crippen LogP contribution in [-0.2, 0) is 0 Å². The van der Waals surface area contributed by atoms with Gasteiger partial charge in [0.1, 0.15) is 0 Å².